The lowest BCUT2D eigenvalue weighted by molar-refractivity contribution is -0.126. The third-order valence-electron chi connectivity index (χ3n) is 6.76. The number of sulfonamides is 1. The number of carbonyl (C=O) groups excluding carboxylic acids is 2. The van der Waals surface area contributed by atoms with E-state index < -0.39 is 10.0 Å². The van der Waals surface area contributed by atoms with Gasteiger partial charge in [0.15, 0.2) is 0 Å². The molecule has 1 N–H and O–H groups in total. The van der Waals surface area contributed by atoms with E-state index in [-0.39, 0.29) is 45.2 Å². The number of unbranched alkanes of at least 4 members (excludes halogenated alkanes) is 1. The monoisotopic (exact) mass is 497 g/mol. The predicted octanol–water partition coefficient (Wildman–Crippen LogP) is 3.92. The normalized spacial score (nSPS) is 24.5. The molecule has 1 aromatic carbocycles. The highest BCUT2D eigenvalue weighted by Gasteiger charge is 2.35. The first kappa shape index (κ1) is 26.0. The molecule has 9 heteroatoms. The van der Waals surface area contributed by atoms with E-state index in [1.54, 1.807) is 11.0 Å². The number of halogens is 1. The molecule has 2 aliphatic heterocycles. The van der Waals surface area contributed by atoms with Crippen molar-refractivity contribution in [1.82, 2.24) is 14.5 Å². The van der Waals surface area contributed by atoms with Crippen LogP contribution >= 0.6 is 11.6 Å². The molecule has 0 bridgehead atoms. The molecule has 2 fully saturated rings. The summed E-state index contributed by atoms with van der Waals surface area (Å²) in [7, 11) is -3.80. The van der Waals surface area contributed by atoms with E-state index in [2.05, 4.69) is 12.2 Å². The van der Waals surface area contributed by atoms with Gasteiger partial charge in [-0.25, -0.2) is 8.42 Å². The van der Waals surface area contributed by atoms with Gasteiger partial charge < -0.3 is 10.2 Å². The van der Waals surface area contributed by atoms with Crippen LogP contribution in [0.1, 0.15) is 69.7 Å². The lowest BCUT2D eigenvalue weighted by Gasteiger charge is -2.37. The van der Waals surface area contributed by atoms with Gasteiger partial charge in [-0.15, -0.1) is 0 Å². The SMILES string of the molecule is CCCCNC(=O)C1CCC(C)N(C(=O)c2ccc(Cl)c(S(=O)(=O)N3CCCC(C)C3)c2)C1. The summed E-state index contributed by atoms with van der Waals surface area (Å²) >= 11 is 6.30. The Balaban J connectivity index is 1.80. The summed E-state index contributed by atoms with van der Waals surface area (Å²) in [6.07, 6.45) is 5.19. The van der Waals surface area contributed by atoms with Gasteiger partial charge in [0.25, 0.3) is 5.91 Å². The van der Waals surface area contributed by atoms with Crippen LogP contribution in [-0.2, 0) is 14.8 Å². The van der Waals surface area contributed by atoms with Crippen molar-refractivity contribution in [1.29, 1.82) is 0 Å². The molecule has 3 atom stereocenters. The first-order valence-electron chi connectivity index (χ1n) is 12.0. The van der Waals surface area contributed by atoms with E-state index >= 15 is 0 Å². The van der Waals surface area contributed by atoms with Crippen molar-refractivity contribution < 1.29 is 18.0 Å². The van der Waals surface area contributed by atoms with Crippen molar-refractivity contribution in [2.24, 2.45) is 11.8 Å². The van der Waals surface area contributed by atoms with Gasteiger partial charge in [0.05, 0.1) is 10.9 Å². The second kappa shape index (κ2) is 11.2. The molecule has 2 heterocycles. The van der Waals surface area contributed by atoms with Crippen LogP contribution in [0.25, 0.3) is 0 Å². The summed E-state index contributed by atoms with van der Waals surface area (Å²) in [4.78, 5) is 27.6. The van der Waals surface area contributed by atoms with Crippen molar-refractivity contribution in [2.45, 2.75) is 70.2 Å². The van der Waals surface area contributed by atoms with Crippen LogP contribution in [0.5, 0.6) is 0 Å². The van der Waals surface area contributed by atoms with Gasteiger partial charge in [0.1, 0.15) is 4.90 Å². The van der Waals surface area contributed by atoms with E-state index in [0.717, 1.165) is 38.5 Å². The molecule has 7 nitrogen and oxygen atoms in total. The fourth-order valence-electron chi connectivity index (χ4n) is 4.64. The quantitative estimate of drug-likeness (QED) is 0.578. The second-order valence-corrected chi connectivity index (χ2v) is 11.8. The van der Waals surface area contributed by atoms with Gasteiger partial charge in [-0.05, 0) is 63.1 Å². The Morgan fingerprint density at radius 3 is 2.61 bits per heavy atom. The summed E-state index contributed by atoms with van der Waals surface area (Å²) < 4.78 is 28.1. The Hall–Kier alpha value is -1.64. The first-order valence-corrected chi connectivity index (χ1v) is 13.8. The molecule has 0 aromatic heterocycles. The van der Waals surface area contributed by atoms with Gasteiger partial charge in [-0.1, -0.05) is 31.9 Å². The highest BCUT2D eigenvalue weighted by molar-refractivity contribution is 7.89. The van der Waals surface area contributed by atoms with Gasteiger partial charge in [-0.3, -0.25) is 9.59 Å². The zero-order valence-corrected chi connectivity index (χ0v) is 21.4. The predicted molar refractivity (Wildman–Crippen MR) is 130 cm³/mol. The fraction of sp³-hybridized carbons (Fsp3) is 0.667. The van der Waals surface area contributed by atoms with Gasteiger partial charge in [0.2, 0.25) is 15.9 Å². The molecular formula is C24H36ClN3O4S. The number of likely N-dealkylation sites (tertiary alicyclic amines) is 1. The molecule has 0 radical (unpaired) electrons. The average Bonchev–Trinajstić information content (AvgIpc) is 2.79. The summed E-state index contributed by atoms with van der Waals surface area (Å²) in [5.41, 5.74) is 0.280. The third kappa shape index (κ3) is 6.08. The number of hydrogen-bond donors (Lipinski definition) is 1. The van der Waals surface area contributed by atoms with Crippen LogP contribution in [-0.4, -0.2) is 61.7 Å². The lowest BCUT2D eigenvalue weighted by Crippen LogP contribution is -2.49. The maximum atomic E-state index is 13.4. The molecule has 1 aromatic rings. The topological polar surface area (TPSA) is 86.8 Å². The fourth-order valence-corrected chi connectivity index (χ4v) is 6.74. The van der Waals surface area contributed by atoms with E-state index in [0.29, 0.717) is 26.2 Å². The summed E-state index contributed by atoms with van der Waals surface area (Å²) in [5, 5.41) is 3.08. The van der Waals surface area contributed by atoms with Crippen LogP contribution in [0.4, 0.5) is 0 Å². The van der Waals surface area contributed by atoms with E-state index in [1.807, 2.05) is 13.8 Å². The zero-order valence-electron chi connectivity index (χ0n) is 19.8. The molecule has 0 aliphatic carbocycles. The van der Waals surface area contributed by atoms with Crippen molar-refractivity contribution in [3.63, 3.8) is 0 Å². The average molecular weight is 498 g/mol. The van der Waals surface area contributed by atoms with Crippen LogP contribution < -0.4 is 5.32 Å². The standard InChI is InChI=1S/C24H36ClN3O4S/c1-4-5-12-26-23(29)20-9-8-18(3)28(16-20)24(30)19-10-11-21(25)22(14-19)33(31,32)27-13-6-7-17(2)15-27/h10-11,14,17-18,20H,4-9,12-13,15-16H2,1-3H3,(H,26,29). The summed E-state index contributed by atoms with van der Waals surface area (Å²) in [5.74, 6) is -0.264. The summed E-state index contributed by atoms with van der Waals surface area (Å²) in [6, 6.07) is 4.42. The van der Waals surface area contributed by atoms with Crippen LogP contribution in [0.2, 0.25) is 5.02 Å². The minimum Gasteiger partial charge on any atom is -0.356 e. The molecule has 0 spiro atoms. The maximum Gasteiger partial charge on any atom is 0.254 e. The van der Waals surface area contributed by atoms with Crippen molar-refractivity contribution in [3.8, 4) is 0 Å². The summed E-state index contributed by atoms with van der Waals surface area (Å²) in [6.45, 7) is 7.95. The Morgan fingerprint density at radius 1 is 1.15 bits per heavy atom. The number of nitrogens with one attached hydrogen (secondary N) is 1. The van der Waals surface area contributed by atoms with Crippen LogP contribution in [0.3, 0.4) is 0 Å². The third-order valence-corrected chi connectivity index (χ3v) is 9.11. The number of amides is 2. The Kier molecular flexibility index (Phi) is 8.81. The number of carbonyl (C=O) groups is 2. The lowest BCUT2D eigenvalue weighted by atomic mass is 9.92. The van der Waals surface area contributed by atoms with E-state index in [1.165, 1.54) is 16.4 Å². The molecular weight excluding hydrogens is 462 g/mol. The molecule has 184 valence electrons. The van der Waals surface area contributed by atoms with Gasteiger partial charge in [-0.2, -0.15) is 4.31 Å². The van der Waals surface area contributed by atoms with E-state index in [4.69, 9.17) is 11.6 Å². The Morgan fingerprint density at radius 2 is 1.91 bits per heavy atom. The van der Waals surface area contributed by atoms with Crippen molar-refractivity contribution in [2.75, 3.05) is 26.2 Å². The first-order chi connectivity index (χ1) is 15.6. The van der Waals surface area contributed by atoms with Gasteiger partial charge >= 0.3 is 0 Å². The van der Waals surface area contributed by atoms with Crippen molar-refractivity contribution in [3.05, 3.63) is 28.8 Å². The number of nitrogens with zero attached hydrogens (tertiary/aromatic N) is 2. The number of piperidine rings is 2. The Bertz CT molecular complexity index is 968. The molecule has 2 saturated heterocycles. The van der Waals surface area contributed by atoms with Crippen molar-refractivity contribution >= 4 is 33.4 Å². The molecule has 33 heavy (non-hydrogen) atoms. The number of rotatable bonds is 7. The maximum absolute atomic E-state index is 13.4. The molecule has 3 unspecified atom stereocenters. The van der Waals surface area contributed by atoms with E-state index in [9.17, 15) is 18.0 Å². The number of benzene rings is 1. The zero-order chi connectivity index (χ0) is 24.2. The smallest absolute Gasteiger partial charge is 0.254 e. The molecule has 2 amide bonds. The number of hydrogen-bond acceptors (Lipinski definition) is 4. The minimum absolute atomic E-state index is 0.0215. The van der Waals surface area contributed by atoms with Gasteiger partial charge in [0, 0.05) is 37.8 Å². The highest BCUT2D eigenvalue weighted by Crippen LogP contribution is 2.31. The van der Waals surface area contributed by atoms with Crippen LogP contribution in [0, 0.1) is 11.8 Å². The molecule has 3 rings (SSSR count). The highest BCUT2D eigenvalue weighted by atomic mass is 35.5. The Labute approximate surface area is 202 Å². The minimum atomic E-state index is -3.80. The second-order valence-electron chi connectivity index (χ2n) is 9.48. The van der Waals surface area contributed by atoms with Crippen LogP contribution in [0.15, 0.2) is 23.1 Å². The largest absolute Gasteiger partial charge is 0.356 e. The molecule has 0 saturated carbocycles. The molecule has 2 aliphatic rings.